The summed E-state index contributed by atoms with van der Waals surface area (Å²) in [6.45, 7) is 3.97. The van der Waals surface area contributed by atoms with Crippen molar-refractivity contribution in [3.8, 4) is 0 Å². The van der Waals surface area contributed by atoms with Gasteiger partial charge in [-0.1, -0.05) is 37.3 Å². The molecule has 35 heavy (non-hydrogen) atoms. The number of amides is 2. The molecule has 2 atom stereocenters. The molecule has 186 valence electrons. The standard InChI is InChI=1S/C25H31ClN6O2S/c1-16-20(13-19(26)14-27-16)28-17(2)22-8-9-24(35-22)32(15-33)21(12-18-6-4-5-7-18)25(34)29-23-10-11-31(3)30-23/h8-11,13-15,17-18,21,28H,4-7,12H2,1-3H3,(H,29,30,34)/t17-,21-/m0/s1. The summed E-state index contributed by atoms with van der Waals surface area (Å²) in [4.78, 5) is 32.6. The van der Waals surface area contributed by atoms with Gasteiger partial charge in [-0.3, -0.25) is 24.2 Å². The molecule has 0 radical (unpaired) electrons. The highest BCUT2D eigenvalue weighted by atomic mass is 35.5. The van der Waals surface area contributed by atoms with E-state index in [2.05, 4.69) is 20.7 Å². The molecule has 0 unspecified atom stereocenters. The number of aryl methyl sites for hydroxylation is 2. The largest absolute Gasteiger partial charge is 0.376 e. The van der Waals surface area contributed by atoms with E-state index in [1.54, 1.807) is 35.1 Å². The van der Waals surface area contributed by atoms with Crippen molar-refractivity contribution >= 4 is 51.8 Å². The summed E-state index contributed by atoms with van der Waals surface area (Å²) < 4.78 is 1.64. The van der Waals surface area contributed by atoms with Gasteiger partial charge in [-0.25, -0.2) is 0 Å². The van der Waals surface area contributed by atoms with Gasteiger partial charge in [0.25, 0.3) is 0 Å². The molecule has 0 aromatic carbocycles. The molecule has 3 aromatic rings. The lowest BCUT2D eigenvalue weighted by molar-refractivity contribution is -0.119. The van der Waals surface area contributed by atoms with Crippen molar-refractivity contribution in [2.24, 2.45) is 13.0 Å². The average Bonchev–Trinajstić information content (AvgIpc) is 3.59. The molecule has 1 aliphatic rings. The summed E-state index contributed by atoms with van der Waals surface area (Å²) in [5.74, 6) is 0.690. The van der Waals surface area contributed by atoms with Crippen molar-refractivity contribution < 1.29 is 9.59 Å². The molecule has 1 aliphatic carbocycles. The molecule has 0 spiro atoms. The van der Waals surface area contributed by atoms with Gasteiger partial charge in [0.1, 0.15) is 6.04 Å². The number of pyridine rings is 1. The van der Waals surface area contributed by atoms with Crippen LogP contribution >= 0.6 is 22.9 Å². The maximum atomic E-state index is 13.3. The lowest BCUT2D eigenvalue weighted by Crippen LogP contribution is -2.44. The fourth-order valence-corrected chi connectivity index (χ4v) is 5.73. The molecule has 3 heterocycles. The van der Waals surface area contributed by atoms with Crippen molar-refractivity contribution in [3.63, 3.8) is 0 Å². The highest BCUT2D eigenvalue weighted by molar-refractivity contribution is 7.16. The normalized spacial score (nSPS) is 15.5. The monoisotopic (exact) mass is 514 g/mol. The van der Waals surface area contributed by atoms with E-state index in [-0.39, 0.29) is 11.9 Å². The molecule has 2 amide bonds. The fourth-order valence-electron chi connectivity index (χ4n) is 4.55. The van der Waals surface area contributed by atoms with Crippen LogP contribution in [0.2, 0.25) is 5.02 Å². The SMILES string of the molecule is Cc1ncc(Cl)cc1N[C@@H](C)c1ccc(N(C=O)[C@@H](CC2CCCC2)C(=O)Nc2ccn(C)n2)s1. The third-order valence-corrected chi connectivity index (χ3v) is 7.96. The summed E-state index contributed by atoms with van der Waals surface area (Å²) in [5, 5.41) is 11.9. The maximum Gasteiger partial charge on any atom is 0.248 e. The summed E-state index contributed by atoms with van der Waals surface area (Å²) in [6.07, 6.45) is 9.32. The van der Waals surface area contributed by atoms with Gasteiger partial charge in [0, 0.05) is 30.4 Å². The number of rotatable bonds is 10. The number of nitrogens with one attached hydrogen (secondary N) is 2. The molecule has 1 fully saturated rings. The summed E-state index contributed by atoms with van der Waals surface area (Å²) in [6, 6.07) is 6.87. The Kier molecular flexibility index (Phi) is 8.07. The molecule has 0 bridgehead atoms. The Balaban J connectivity index is 1.54. The number of aromatic nitrogens is 3. The van der Waals surface area contributed by atoms with E-state index in [0.29, 0.717) is 23.2 Å². The Bertz CT molecular complexity index is 1170. The minimum Gasteiger partial charge on any atom is -0.376 e. The van der Waals surface area contributed by atoms with Crippen LogP contribution < -0.4 is 15.5 Å². The van der Waals surface area contributed by atoms with E-state index in [1.165, 1.54) is 24.2 Å². The van der Waals surface area contributed by atoms with Crippen molar-refractivity contribution in [1.82, 2.24) is 14.8 Å². The first kappa shape index (κ1) is 25.2. The second-order valence-electron chi connectivity index (χ2n) is 9.11. The third-order valence-electron chi connectivity index (χ3n) is 6.47. The Morgan fingerprint density at radius 1 is 1.34 bits per heavy atom. The van der Waals surface area contributed by atoms with Gasteiger partial charge < -0.3 is 10.6 Å². The molecule has 0 aliphatic heterocycles. The number of nitrogens with zero attached hydrogens (tertiary/aromatic N) is 4. The van der Waals surface area contributed by atoms with Crippen LogP contribution in [0.15, 0.2) is 36.7 Å². The summed E-state index contributed by atoms with van der Waals surface area (Å²) in [7, 11) is 1.80. The molecule has 0 saturated heterocycles. The van der Waals surface area contributed by atoms with Gasteiger partial charge in [0.05, 0.1) is 27.4 Å². The average molecular weight is 515 g/mol. The molecule has 10 heteroatoms. The highest BCUT2D eigenvalue weighted by Crippen LogP contribution is 2.36. The fraction of sp³-hybridized carbons (Fsp3) is 0.440. The van der Waals surface area contributed by atoms with Gasteiger partial charge in [0.15, 0.2) is 5.82 Å². The van der Waals surface area contributed by atoms with Crippen LogP contribution in [-0.4, -0.2) is 33.1 Å². The summed E-state index contributed by atoms with van der Waals surface area (Å²) in [5.41, 5.74) is 1.72. The van der Waals surface area contributed by atoms with Gasteiger partial charge >= 0.3 is 0 Å². The second-order valence-corrected chi connectivity index (χ2v) is 10.6. The number of hydrogen-bond acceptors (Lipinski definition) is 6. The Labute approximate surface area is 214 Å². The zero-order chi connectivity index (χ0) is 24.9. The minimum absolute atomic E-state index is 0.0307. The number of carbonyl (C=O) groups is 2. The van der Waals surface area contributed by atoms with Crippen LogP contribution in [0.5, 0.6) is 0 Å². The van der Waals surface area contributed by atoms with Crippen LogP contribution in [0.3, 0.4) is 0 Å². The van der Waals surface area contributed by atoms with Crippen molar-refractivity contribution in [2.45, 2.75) is 58.0 Å². The molecule has 1 saturated carbocycles. The van der Waals surface area contributed by atoms with Crippen LogP contribution in [0.4, 0.5) is 16.5 Å². The van der Waals surface area contributed by atoms with Crippen molar-refractivity contribution in [2.75, 3.05) is 15.5 Å². The Morgan fingerprint density at radius 3 is 2.80 bits per heavy atom. The number of anilines is 3. The van der Waals surface area contributed by atoms with E-state index in [4.69, 9.17) is 11.6 Å². The van der Waals surface area contributed by atoms with Crippen molar-refractivity contribution in [3.05, 3.63) is 52.3 Å². The van der Waals surface area contributed by atoms with Gasteiger partial charge in [-0.05, 0) is 44.4 Å². The number of halogens is 1. The van der Waals surface area contributed by atoms with E-state index in [9.17, 15) is 9.59 Å². The van der Waals surface area contributed by atoms with Gasteiger partial charge in [-0.2, -0.15) is 5.10 Å². The minimum atomic E-state index is -0.605. The third kappa shape index (κ3) is 6.21. The number of hydrogen-bond donors (Lipinski definition) is 2. The van der Waals surface area contributed by atoms with E-state index in [0.717, 1.165) is 40.5 Å². The van der Waals surface area contributed by atoms with Gasteiger partial charge in [-0.15, -0.1) is 11.3 Å². The first-order valence-electron chi connectivity index (χ1n) is 11.9. The lowest BCUT2D eigenvalue weighted by Gasteiger charge is -2.28. The maximum absolute atomic E-state index is 13.3. The smallest absolute Gasteiger partial charge is 0.248 e. The topological polar surface area (TPSA) is 92.1 Å². The molecule has 3 aromatic heterocycles. The molecular weight excluding hydrogens is 484 g/mol. The second kappa shape index (κ2) is 11.2. The van der Waals surface area contributed by atoms with E-state index >= 15 is 0 Å². The molecule has 8 nitrogen and oxygen atoms in total. The van der Waals surface area contributed by atoms with Gasteiger partial charge in [0.2, 0.25) is 12.3 Å². The molecule has 4 rings (SSSR count). The molecule has 2 N–H and O–H groups in total. The zero-order valence-corrected chi connectivity index (χ0v) is 21.8. The lowest BCUT2D eigenvalue weighted by atomic mass is 9.97. The van der Waals surface area contributed by atoms with E-state index in [1.807, 2.05) is 32.0 Å². The van der Waals surface area contributed by atoms with Crippen LogP contribution in [0.25, 0.3) is 0 Å². The predicted octanol–water partition coefficient (Wildman–Crippen LogP) is 5.56. The van der Waals surface area contributed by atoms with Crippen LogP contribution in [0, 0.1) is 12.8 Å². The Hall–Kier alpha value is -2.91. The highest BCUT2D eigenvalue weighted by Gasteiger charge is 2.32. The Morgan fingerprint density at radius 2 is 2.11 bits per heavy atom. The molecular formula is C25H31ClN6O2S. The van der Waals surface area contributed by atoms with E-state index < -0.39 is 6.04 Å². The quantitative estimate of drug-likeness (QED) is 0.345. The zero-order valence-electron chi connectivity index (χ0n) is 20.2. The van der Waals surface area contributed by atoms with Crippen LogP contribution in [0.1, 0.15) is 55.6 Å². The van der Waals surface area contributed by atoms with Crippen LogP contribution in [-0.2, 0) is 16.6 Å². The number of carbonyl (C=O) groups excluding carboxylic acids is 2. The summed E-state index contributed by atoms with van der Waals surface area (Å²) >= 11 is 7.61. The first-order valence-corrected chi connectivity index (χ1v) is 13.1. The predicted molar refractivity (Wildman–Crippen MR) is 141 cm³/mol. The first-order chi connectivity index (χ1) is 16.8. The van der Waals surface area contributed by atoms with Crippen molar-refractivity contribution in [1.29, 1.82) is 0 Å². The number of thiophene rings is 1.